The maximum Gasteiger partial charge on any atom is 0.320 e. The van der Waals surface area contributed by atoms with E-state index >= 15 is 0 Å². The first-order chi connectivity index (χ1) is 9.19. The molecular weight excluding hydrogens is 246 g/mol. The molecule has 110 valence electrons. The summed E-state index contributed by atoms with van der Waals surface area (Å²) in [7, 11) is 0. The molecule has 19 heavy (non-hydrogen) atoms. The zero-order valence-corrected chi connectivity index (χ0v) is 12.0. The van der Waals surface area contributed by atoms with E-state index in [2.05, 4.69) is 4.90 Å². The average molecular weight is 271 g/mol. The van der Waals surface area contributed by atoms with Crippen LogP contribution in [0.1, 0.15) is 39.5 Å². The Labute approximate surface area is 115 Å². The number of carbonyl (C=O) groups excluding carboxylic acids is 2. The second-order valence-electron chi connectivity index (χ2n) is 4.75. The lowest BCUT2D eigenvalue weighted by molar-refractivity contribution is -0.162. The summed E-state index contributed by atoms with van der Waals surface area (Å²) in [6.07, 6.45) is 3.83. The second kappa shape index (κ2) is 8.91. The molecule has 1 saturated heterocycles. The van der Waals surface area contributed by atoms with Gasteiger partial charge in [0.2, 0.25) is 0 Å². The van der Waals surface area contributed by atoms with Gasteiger partial charge in [-0.2, -0.15) is 0 Å². The molecule has 1 heterocycles. The van der Waals surface area contributed by atoms with Crippen molar-refractivity contribution in [3.05, 3.63) is 0 Å². The third-order valence-electron chi connectivity index (χ3n) is 3.31. The molecule has 5 nitrogen and oxygen atoms in total. The largest absolute Gasteiger partial charge is 0.465 e. The number of likely N-dealkylation sites (tertiary alicyclic amines) is 1. The molecule has 5 heteroatoms. The van der Waals surface area contributed by atoms with Crippen molar-refractivity contribution >= 4 is 11.9 Å². The Kier molecular flexibility index (Phi) is 7.48. The minimum atomic E-state index is -0.762. The predicted molar refractivity (Wildman–Crippen MR) is 71.7 cm³/mol. The van der Waals surface area contributed by atoms with E-state index < -0.39 is 17.9 Å². The molecule has 1 aliphatic rings. The molecule has 0 aromatic rings. The number of hydrogen-bond donors (Lipinski definition) is 0. The van der Waals surface area contributed by atoms with E-state index in [9.17, 15) is 9.59 Å². The molecule has 0 spiro atoms. The van der Waals surface area contributed by atoms with Crippen LogP contribution in [0, 0.1) is 5.92 Å². The molecule has 0 bridgehead atoms. The molecule has 0 atom stereocenters. The maximum atomic E-state index is 11.7. The van der Waals surface area contributed by atoms with Gasteiger partial charge in [-0.15, -0.1) is 0 Å². The number of hydrogen-bond acceptors (Lipinski definition) is 5. The van der Waals surface area contributed by atoms with Crippen LogP contribution in [0.15, 0.2) is 0 Å². The Morgan fingerprint density at radius 3 is 2.05 bits per heavy atom. The van der Waals surface area contributed by atoms with Crippen LogP contribution in [0.5, 0.6) is 0 Å². The Morgan fingerprint density at radius 2 is 1.58 bits per heavy atom. The van der Waals surface area contributed by atoms with Crippen LogP contribution in [-0.2, 0) is 19.1 Å². The van der Waals surface area contributed by atoms with E-state index in [0.29, 0.717) is 19.6 Å². The van der Waals surface area contributed by atoms with Crippen molar-refractivity contribution in [1.29, 1.82) is 0 Å². The van der Waals surface area contributed by atoms with E-state index in [4.69, 9.17) is 9.47 Å². The lowest BCUT2D eigenvalue weighted by Crippen LogP contribution is -2.29. The normalized spacial score (nSPS) is 15.7. The van der Waals surface area contributed by atoms with Crippen LogP contribution in [0.3, 0.4) is 0 Å². The van der Waals surface area contributed by atoms with Crippen molar-refractivity contribution in [3.8, 4) is 0 Å². The van der Waals surface area contributed by atoms with E-state index in [0.717, 1.165) is 26.1 Å². The number of esters is 2. The Hall–Kier alpha value is -1.10. The van der Waals surface area contributed by atoms with Gasteiger partial charge in [0.25, 0.3) is 0 Å². The second-order valence-corrected chi connectivity index (χ2v) is 4.75. The molecule has 0 amide bonds. The Balaban J connectivity index is 2.38. The van der Waals surface area contributed by atoms with Gasteiger partial charge in [-0.05, 0) is 59.2 Å². The van der Waals surface area contributed by atoms with Crippen molar-refractivity contribution in [2.45, 2.75) is 39.5 Å². The van der Waals surface area contributed by atoms with Crippen LogP contribution in [-0.4, -0.2) is 49.7 Å². The van der Waals surface area contributed by atoms with Crippen molar-refractivity contribution < 1.29 is 19.1 Å². The van der Waals surface area contributed by atoms with Gasteiger partial charge >= 0.3 is 11.9 Å². The molecule has 0 saturated carbocycles. The average Bonchev–Trinajstić information content (AvgIpc) is 2.88. The molecule has 1 fully saturated rings. The summed E-state index contributed by atoms with van der Waals surface area (Å²) in [6.45, 7) is 7.26. The van der Waals surface area contributed by atoms with Crippen molar-refractivity contribution in [2.75, 3.05) is 32.8 Å². The van der Waals surface area contributed by atoms with Crippen molar-refractivity contribution in [3.63, 3.8) is 0 Å². The summed E-state index contributed by atoms with van der Waals surface area (Å²) in [5, 5.41) is 0. The van der Waals surface area contributed by atoms with Gasteiger partial charge in [-0.3, -0.25) is 9.59 Å². The quantitative estimate of drug-likeness (QED) is 0.496. The molecule has 1 aliphatic heterocycles. The summed E-state index contributed by atoms with van der Waals surface area (Å²) in [5.41, 5.74) is 0. The maximum absolute atomic E-state index is 11.7. The van der Waals surface area contributed by atoms with Gasteiger partial charge in [-0.1, -0.05) is 0 Å². The topological polar surface area (TPSA) is 55.8 Å². The fourth-order valence-electron chi connectivity index (χ4n) is 2.34. The van der Waals surface area contributed by atoms with Gasteiger partial charge in [0.05, 0.1) is 13.2 Å². The van der Waals surface area contributed by atoms with Gasteiger partial charge < -0.3 is 14.4 Å². The highest BCUT2D eigenvalue weighted by atomic mass is 16.6. The Morgan fingerprint density at radius 1 is 1.05 bits per heavy atom. The van der Waals surface area contributed by atoms with E-state index in [1.165, 1.54) is 12.8 Å². The molecule has 0 aliphatic carbocycles. The fourth-order valence-corrected chi connectivity index (χ4v) is 2.34. The highest BCUT2D eigenvalue weighted by Gasteiger charge is 2.29. The minimum absolute atomic E-state index is 0.293. The third-order valence-corrected chi connectivity index (χ3v) is 3.31. The lowest BCUT2D eigenvalue weighted by Gasteiger charge is -2.17. The van der Waals surface area contributed by atoms with Crippen LogP contribution in [0.2, 0.25) is 0 Å². The molecular formula is C14H25NO4. The zero-order chi connectivity index (χ0) is 14.1. The fraction of sp³-hybridized carbons (Fsp3) is 0.857. The SMILES string of the molecule is CCOC(=O)C(CCCN1CCCC1)C(=O)OCC. The number of nitrogens with zero attached hydrogens (tertiary/aromatic N) is 1. The van der Waals surface area contributed by atoms with Crippen molar-refractivity contribution in [1.82, 2.24) is 4.90 Å². The predicted octanol–water partition coefficient (Wildman–Crippen LogP) is 1.60. The smallest absolute Gasteiger partial charge is 0.320 e. The van der Waals surface area contributed by atoms with Gasteiger partial charge in [0.15, 0.2) is 5.92 Å². The first-order valence-corrected chi connectivity index (χ1v) is 7.24. The van der Waals surface area contributed by atoms with Crippen LogP contribution < -0.4 is 0 Å². The first-order valence-electron chi connectivity index (χ1n) is 7.24. The van der Waals surface area contributed by atoms with Gasteiger partial charge in [0, 0.05) is 0 Å². The van der Waals surface area contributed by atoms with Crippen molar-refractivity contribution in [2.24, 2.45) is 5.92 Å². The summed E-state index contributed by atoms with van der Waals surface area (Å²) in [4.78, 5) is 25.9. The van der Waals surface area contributed by atoms with E-state index in [-0.39, 0.29) is 0 Å². The number of ether oxygens (including phenoxy) is 2. The monoisotopic (exact) mass is 271 g/mol. The molecule has 0 aromatic heterocycles. The van der Waals surface area contributed by atoms with Crippen LogP contribution >= 0.6 is 0 Å². The number of carbonyl (C=O) groups is 2. The summed E-state index contributed by atoms with van der Waals surface area (Å²) in [5.74, 6) is -1.67. The molecule has 0 N–H and O–H groups in total. The van der Waals surface area contributed by atoms with Crippen LogP contribution in [0.25, 0.3) is 0 Å². The van der Waals surface area contributed by atoms with Crippen LogP contribution in [0.4, 0.5) is 0 Å². The third kappa shape index (κ3) is 5.59. The highest BCUT2D eigenvalue weighted by molar-refractivity contribution is 5.94. The van der Waals surface area contributed by atoms with E-state index in [1.807, 2.05) is 0 Å². The summed E-state index contributed by atoms with van der Waals surface area (Å²) < 4.78 is 9.88. The molecule has 0 unspecified atom stereocenters. The molecule has 0 aromatic carbocycles. The summed E-state index contributed by atoms with van der Waals surface area (Å²) >= 11 is 0. The first kappa shape index (κ1) is 16.0. The zero-order valence-electron chi connectivity index (χ0n) is 12.0. The summed E-state index contributed by atoms with van der Waals surface area (Å²) in [6, 6.07) is 0. The number of rotatable bonds is 8. The highest BCUT2D eigenvalue weighted by Crippen LogP contribution is 2.14. The minimum Gasteiger partial charge on any atom is -0.465 e. The Bertz CT molecular complexity index is 269. The molecule has 0 radical (unpaired) electrons. The van der Waals surface area contributed by atoms with Gasteiger partial charge in [0.1, 0.15) is 0 Å². The van der Waals surface area contributed by atoms with Gasteiger partial charge in [-0.25, -0.2) is 0 Å². The van der Waals surface area contributed by atoms with E-state index in [1.54, 1.807) is 13.8 Å². The molecule has 1 rings (SSSR count). The lowest BCUT2D eigenvalue weighted by atomic mass is 10.0. The standard InChI is InChI=1S/C14H25NO4/c1-3-18-13(16)12(14(17)19-4-2)8-7-11-15-9-5-6-10-15/h12H,3-11H2,1-2H3.